The highest BCUT2D eigenvalue weighted by Crippen LogP contribution is 2.43. The first kappa shape index (κ1) is 25.0. The van der Waals surface area contributed by atoms with Crippen LogP contribution >= 0.6 is 0 Å². The zero-order chi connectivity index (χ0) is 23.1. The maximum atomic E-state index is 16.0. The molecule has 0 N–H and O–H groups in total. The van der Waals surface area contributed by atoms with Crippen LogP contribution in [-0.4, -0.2) is 84.2 Å². The number of halogens is 4. The van der Waals surface area contributed by atoms with Gasteiger partial charge in [-0.15, -0.1) is 0 Å². The Balaban J connectivity index is 1.92. The van der Waals surface area contributed by atoms with E-state index in [1.54, 1.807) is 4.90 Å². The Hall–Kier alpha value is -0.660. The molecule has 0 radical (unpaired) electrons. The van der Waals surface area contributed by atoms with Crippen molar-refractivity contribution in [3.8, 4) is 0 Å². The number of hydrogen-bond acceptors (Lipinski definition) is 3. The van der Waals surface area contributed by atoms with Crippen molar-refractivity contribution >= 4 is 0 Å². The number of hydrogen-bond donors (Lipinski definition) is 0. The van der Waals surface area contributed by atoms with E-state index in [2.05, 4.69) is 23.6 Å². The van der Waals surface area contributed by atoms with Crippen molar-refractivity contribution in [2.24, 2.45) is 17.8 Å². The van der Waals surface area contributed by atoms with Crippen LogP contribution in [0.4, 0.5) is 17.6 Å². The topological polar surface area (TPSA) is 9.72 Å². The molecule has 0 saturated carbocycles. The lowest BCUT2D eigenvalue weighted by Gasteiger charge is -2.47. The highest BCUT2D eigenvalue weighted by molar-refractivity contribution is 5.23. The van der Waals surface area contributed by atoms with Gasteiger partial charge in [-0.3, -0.25) is 14.7 Å². The maximum absolute atomic E-state index is 16.0. The molecule has 7 heteroatoms. The fourth-order valence-corrected chi connectivity index (χ4v) is 5.59. The number of alkyl halides is 3. The van der Waals surface area contributed by atoms with Crippen molar-refractivity contribution < 1.29 is 17.6 Å². The van der Waals surface area contributed by atoms with Gasteiger partial charge in [-0.25, -0.2) is 17.6 Å². The van der Waals surface area contributed by atoms with Gasteiger partial charge in [-0.05, 0) is 65.4 Å². The normalized spacial score (nSPS) is 34.4. The van der Waals surface area contributed by atoms with Crippen LogP contribution in [0.3, 0.4) is 0 Å². The predicted octanol–water partition coefficient (Wildman–Crippen LogP) is 4.98. The molecule has 2 fully saturated rings. The summed E-state index contributed by atoms with van der Waals surface area (Å²) in [5.74, 6) is -4.22. The second kappa shape index (κ2) is 9.68. The quantitative estimate of drug-likeness (QED) is 0.550. The van der Waals surface area contributed by atoms with Gasteiger partial charge >= 0.3 is 0 Å². The first-order valence-electron chi connectivity index (χ1n) is 12.0. The SMILES string of the molecule is CC(C)N1CC(F)CC(C2=C(F)C(C3CN(C(C)C)CC(F)(F)C3)CN(C(C)C)C2)C1. The average Bonchev–Trinajstić information content (AvgIpc) is 2.66. The summed E-state index contributed by atoms with van der Waals surface area (Å²) in [6, 6.07) is 0.374. The fraction of sp³-hybridized carbons (Fsp3) is 0.917. The summed E-state index contributed by atoms with van der Waals surface area (Å²) >= 11 is 0. The van der Waals surface area contributed by atoms with E-state index in [1.165, 1.54) is 0 Å². The molecule has 3 aliphatic heterocycles. The molecule has 4 unspecified atom stereocenters. The van der Waals surface area contributed by atoms with Crippen molar-refractivity contribution in [1.82, 2.24) is 14.7 Å². The van der Waals surface area contributed by atoms with E-state index in [0.717, 1.165) is 0 Å². The van der Waals surface area contributed by atoms with Gasteiger partial charge in [0.1, 0.15) is 12.0 Å². The van der Waals surface area contributed by atoms with E-state index >= 15 is 4.39 Å². The lowest BCUT2D eigenvalue weighted by molar-refractivity contribution is -0.103. The second-order valence-electron chi connectivity index (χ2n) is 10.9. The zero-order valence-corrected chi connectivity index (χ0v) is 20.1. The van der Waals surface area contributed by atoms with E-state index in [0.29, 0.717) is 44.7 Å². The van der Waals surface area contributed by atoms with Crippen LogP contribution in [0.15, 0.2) is 11.4 Å². The molecule has 3 aliphatic rings. The van der Waals surface area contributed by atoms with E-state index in [4.69, 9.17) is 0 Å². The number of rotatable bonds is 5. The van der Waals surface area contributed by atoms with E-state index in [1.807, 2.05) is 27.7 Å². The van der Waals surface area contributed by atoms with Gasteiger partial charge in [0.15, 0.2) is 0 Å². The number of likely N-dealkylation sites (tertiary alicyclic amines) is 2. The molecule has 0 aromatic heterocycles. The van der Waals surface area contributed by atoms with Crippen molar-refractivity contribution in [1.29, 1.82) is 0 Å². The molecular formula is C24H41F4N3. The van der Waals surface area contributed by atoms with Crippen LogP contribution in [0, 0.1) is 17.8 Å². The predicted molar refractivity (Wildman–Crippen MR) is 118 cm³/mol. The molecular weight excluding hydrogens is 406 g/mol. The summed E-state index contributed by atoms with van der Waals surface area (Å²) in [4.78, 5) is 6.06. The minimum absolute atomic E-state index is 0.00443. The minimum atomic E-state index is -2.81. The van der Waals surface area contributed by atoms with Gasteiger partial charge < -0.3 is 0 Å². The number of piperidine rings is 2. The maximum Gasteiger partial charge on any atom is 0.260 e. The third-order valence-corrected chi connectivity index (χ3v) is 7.58. The van der Waals surface area contributed by atoms with E-state index in [-0.39, 0.29) is 42.8 Å². The standard InChI is InChI=1S/C24H41F4N3/c1-15(2)29-9-18(7-20(25)11-29)21-12-30(16(3)4)13-22(23(21)26)19-8-24(27,28)14-31(10-19)17(5)6/h15-20,22H,7-14H2,1-6H3. The van der Waals surface area contributed by atoms with Crippen molar-refractivity contribution in [2.45, 2.75) is 84.6 Å². The van der Waals surface area contributed by atoms with Crippen LogP contribution < -0.4 is 0 Å². The molecule has 3 heterocycles. The first-order valence-corrected chi connectivity index (χ1v) is 12.0. The molecule has 0 aliphatic carbocycles. The molecule has 0 amide bonds. The fourth-order valence-electron chi connectivity index (χ4n) is 5.59. The van der Waals surface area contributed by atoms with Gasteiger partial charge in [-0.1, -0.05) is 0 Å². The van der Waals surface area contributed by atoms with Gasteiger partial charge in [0, 0.05) is 63.2 Å². The molecule has 3 rings (SSSR count). The van der Waals surface area contributed by atoms with Crippen molar-refractivity contribution in [2.75, 3.05) is 39.3 Å². The zero-order valence-electron chi connectivity index (χ0n) is 20.1. The second-order valence-corrected chi connectivity index (χ2v) is 10.9. The molecule has 0 spiro atoms. The third kappa shape index (κ3) is 5.83. The summed E-state index contributed by atoms with van der Waals surface area (Å²) in [6.07, 6.45) is -0.934. The highest BCUT2D eigenvalue weighted by Gasteiger charge is 2.47. The molecule has 0 aromatic carbocycles. The molecule has 3 nitrogen and oxygen atoms in total. The average molecular weight is 448 g/mol. The van der Waals surface area contributed by atoms with Gasteiger partial charge in [0.2, 0.25) is 0 Å². The lowest BCUT2D eigenvalue weighted by Crippen LogP contribution is -2.54. The summed E-state index contributed by atoms with van der Waals surface area (Å²) in [5, 5.41) is 0. The summed E-state index contributed by atoms with van der Waals surface area (Å²) in [7, 11) is 0. The number of nitrogens with zero attached hydrogens (tertiary/aromatic N) is 3. The Morgan fingerprint density at radius 3 is 2.03 bits per heavy atom. The van der Waals surface area contributed by atoms with Crippen molar-refractivity contribution in [3.05, 3.63) is 11.4 Å². The monoisotopic (exact) mass is 447 g/mol. The first-order chi connectivity index (χ1) is 14.4. The Bertz CT molecular complexity index is 649. The van der Waals surface area contributed by atoms with Gasteiger partial charge in [0.25, 0.3) is 5.92 Å². The molecule has 0 bridgehead atoms. The molecule has 0 aromatic rings. The lowest BCUT2D eigenvalue weighted by atomic mass is 9.76. The smallest absolute Gasteiger partial charge is 0.260 e. The Morgan fingerprint density at radius 1 is 0.839 bits per heavy atom. The van der Waals surface area contributed by atoms with E-state index in [9.17, 15) is 13.2 Å². The van der Waals surface area contributed by atoms with Crippen LogP contribution in [0.25, 0.3) is 0 Å². The van der Waals surface area contributed by atoms with E-state index < -0.39 is 23.9 Å². The van der Waals surface area contributed by atoms with Gasteiger partial charge in [0.05, 0.1) is 6.54 Å². The van der Waals surface area contributed by atoms with Crippen molar-refractivity contribution in [3.63, 3.8) is 0 Å². The third-order valence-electron chi connectivity index (χ3n) is 7.58. The van der Waals surface area contributed by atoms with Crippen LogP contribution in [-0.2, 0) is 0 Å². The van der Waals surface area contributed by atoms with Crippen LogP contribution in [0.1, 0.15) is 54.4 Å². The van der Waals surface area contributed by atoms with Gasteiger partial charge in [-0.2, -0.15) is 0 Å². The minimum Gasteiger partial charge on any atom is -0.297 e. The van der Waals surface area contributed by atoms with Crippen LogP contribution in [0.5, 0.6) is 0 Å². The Morgan fingerprint density at radius 2 is 1.45 bits per heavy atom. The summed E-state index contributed by atoms with van der Waals surface area (Å²) < 4.78 is 59.8. The summed E-state index contributed by atoms with van der Waals surface area (Å²) in [6.45, 7) is 14.2. The molecule has 180 valence electrons. The Kier molecular flexibility index (Phi) is 7.80. The highest BCUT2D eigenvalue weighted by atomic mass is 19.3. The largest absolute Gasteiger partial charge is 0.297 e. The molecule has 4 atom stereocenters. The Labute approximate surface area is 185 Å². The summed E-state index contributed by atoms with van der Waals surface area (Å²) in [5.41, 5.74) is 0.655. The van der Waals surface area contributed by atoms with Crippen LogP contribution in [0.2, 0.25) is 0 Å². The molecule has 2 saturated heterocycles. The molecule has 31 heavy (non-hydrogen) atoms.